The minimum Gasteiger partial charge on any atom is -0.482 e. The van der Waals surface area contributed by atoms with Crippen LogP contribution in [0.2, 0.25) is 5.02 Å². The van der Waals surface area contributed by atoms with E-state index in [9.17, 15) is 4.79 Å². The highest BCUT2D eigenvalue weighted by molar-refractivity contribution is 6.30. The molecule has 0 amide bonds. The summed E-state index contributed by atoms with van der Waals surface area (Å²) >= 11 is 5.77. The summed E-state index contributed by atoms with van der Waals surface area (Å²) in [5, 5.41) is 0.621. The van der Waals surface area contributed by atoms with Crippen LogP contribution in [0.3, 0.4) is 0 Å². The zero-order valence-electron chi connectivity index (χ0n) is 11.4. The summed E-state index contributed by atoms with van der Waals surface area (Å²) in [7, 11) is 0. The van der Waals surface area contributed by atoms with Crippen LogP contribution < -0.4 is 9.47 Å². The summed E-state index contributed by atoms with van der Waals surface area (Å²) in [5.41, 5.74) is 1.84. The van der Waals surface area contributed by atoms with Crippen molar-refractivity contribution in [2.24, 2.45) is 0 Å². The highest BCUT2D eigenvalue weighted by Gasteiger charge is 2.10. The van der Waals surface area contributed by atoms with Gasteiger partial charge in [-0.2, -0.15) is 0 Å². The van der Waals surface area contributed by atoms with E-state index in [2.05, 4.69) is 0 Å². The van der Waals surface area contributed by atoms with Crippen LogP contribution in [-0.4, -0.2) is 12.6 Å². The summed E-state index contributed by atoms with van der Waals surface area (Å²) in [6, 6.07) is 12.5. The molecule has 0 fully saturated rings. The van der Waals surface area contributed by atoms with Gasteiger partial charge in [-0.3, -0.25) is 0 Å². The Balaban J connectivity index is 1.94. The summed E-state index contributed by atoms with van der Waals surface area (Å²) in [6.07, 6.45) is 0. The van der Waals surface area contributed by atoms with Crippen molar-refractivity contribution in [3.8, 4) is 11.5 Å². The van der Waals surface area contributed by atoms with Crippen LogP contribution in [0.15, 0.2) is 42.5 Å². The lowest BCUT2D eigenvalue weighted by molar-refractivity contribution is -0.136. The second kappa shape index (κ2) is 6.44. The normalized spacial score (nSPS) is 10.2. The molecular formula is C16H15ClO3. The van der Waals surface area contributed by atoms with Gasteiger partial charge in [0.15, 0.2) is 6.61 Å². The van der Waals surface area contributed by atoms with Crippen LogP contribution >= 0.6 is 11.6 Å². The van der Waals surface area contributed by atoms with E-state index in [4.69, 9.17) is 21.1 Å². The van der Waals surface area contributed by atoms with Crippen LogP contribution in [0.4, 0.5) is 0 Å². The van der Waals surface area contributed by atoms with Crippen LogP contribution in [0.1, 0.15) is 11.1 Å². The first kappa shape index (κ1) is 14.4. The van der Waals surface area contributed by atoms with Crippen molar-refractivity contribution in [1.82, 2.24) is 0 Å². The van der Waals surface area contributed by atoms with Gasteiger partial charge in [0.2, 0.25) is 0 Å². The summed E-state index contributed by atoms with van der Waals surface area (Å²) in [4.78, 5) is 11.8. The molecule has 0 aliphatic rings. The standard InChI is InChI=1S/C16H15ClO3/c1-11-4-3-5-12(2)16(11)20-15(18)10-19-14-8-6-13(17)7-9-14/h3-9H,10H2,1-2H3. The molecule has 0 radical (unpaired) electrons. The highest BCUT2D eigenvalue weighted by Crippen LogP contribution is 2.22. The van der Waals surface area contributed by atoms with Crippen LogP contribution in [-0.2, 0) is 4.79 Å². The molecule has 4 heteroatoms. The topological polar surface area (TPSA) is 35.5 Å². The molecule has 0 aromatic heterocycles. The second-order valence-corrected chi connectivity index (χ2v) is 4.87. The third-order valence-corrected chi connectivity index (χ3v) is 3.05. The predicted molar refractivity (Wildman–Crippen MR) is 78.5 cm³/mol. The monoisotopic (exact) mass is 290 g/mol. The maximum Gasteiger partial charge on any atom is 0.349 e. The lowest BCUT2D eigenvalue weighted by Crippen LogP contribution is -2.18. The summed E-state index contributed by atoms with van der Waals surface area (Å²) in [5.74, 6) is 0.738. The lowest BCUT2D eigenvalue weighted by Gasteiger charge is -2.10. The maximum absolute atomic E-state index is 11.8. The number of halogens is 1. The summed E-state index contributed by atoms with van der Waals surface area (Å²) < 4.78 is 10.7. The van der Waals surface area contributed by atoms with Gasteiger partial charge < -0.3 is 9.47 Å². The number of hydrogen-bond donors (Lipinski definition) is 0. The van der Waals surface area contributed by atoms with Gasteiger partial charge in [0.25, 0.3) is 0 Å². The molecule has 20 heavy (non-hydrogen) atoms. The Hall–Kier alpha value is -2.00. The first-order valence-corrected chi connectivity index (χ1v) is 6.59. The average Bonchev–Trinajstić information content (AvgIpc) is 2.42. The fourth-order valence-corrected chi connectivity index (χ4v) is 1.90. The van der Waals surface area contributed by atoms with Gasteiger partial charge in [0, 0.05) is 5.02 Å². The first-order valence-electron chi connectivity index (χ1n) is 6.21. The van der Waals surface area contributed by atoms with Crippen molar-refractivity contribution < 1.29 is 14.3 Å². The molecule has 2 aromatic carbocycles. The molecular weight excluding hydrogens is 276 g/mol. The molecule has 0 saturated heterocycles. The minimum absolute atomic E-state index is 0.143. The number of rotatable bonds is 4. The Morgan fingerprint density at radius 1 is 1.05 bits per heavy atom. The van der Waals surface area contributed by atoms with E-state index >= 15 is 0 Å². The number of hydrogen-bond acceptors (Lipinski definition) is 3. The molecule has 104 valence electrons. The molecule has 2 rings (SSSR count). The Morgan fingerprint density at radius 3 is 2.25 bits per heavy atom. The van der Waals surface area contributed by atoms with E-state index in [0.717, 1.165) is 11.1 Å². The van der Waals surface area contributed by atoms with Gasteiger partial charge in [0.1, 0.15) is 11.5 Å². The molecule has 0 saturated carbocycles. The molecule has 0 unspecified atom stereocenters. The Morgan fingerprint density at radius 2 is 1.65 bits per heavy atom. The number of aryl methyl sites for hydroxylation is 2. The van der Waals surface area contributed by atoms with Gasteiger partial charge in [-0.1, -0.05) is 29.8 Å². The molecule has 3 nitrogen and oxygen atoms in total. The van der Waals surface area contributed by atoms with E-state index < -0.39 is 5.97 Å². The molecule has 0 aliphatic carbocycles. The Labute approximate surface area is 123 Å². The number of ether oxygens (including phenoxy) is 2. The highest BCUT2D eigenvalue weighted by atomic mass is 35.5. The number of carbonyl (C=O) groups excluding carboxylic acids is 1. The minimum atomic E-state index is -0.433. The lowest BCUT2D eigenvalue weighted by atomic mass is 10.1. The second-order valence-electron chi connectivity index (χ2n) is 4.44. The van der Waals surface area contributed by atoms with Crippen molar-refractivity contribution in [1.29, 1.82) is 0 Å². The number of esters is 1. The molecule has 0 heterocycles. The molecule has 0 aliphatic heterocycles. The molecule has 0 N–H and O–H groups in total. The van der Waals surface area contributed by atoms with E-state index in [1.807, 2.05) is 32.0 Å². The van der Waals surface area contributed by atoms with Gasteiger partial charge >= 0.3 is 5.97 Å². The maximum atomic E-state index is 11.8. The van der Waals surface area contributed by atoms with Gasteiger partial charge in [-0.25, -0.2) is 4.79 Å². The van der Waals surface area contributed by atoms with Crippen LogP contribution in [0.25, 0.3) is 0 Å². The zero-order valence-corrected chi connectivity index (χ0v) is 12.1. The Kier molecular flexibility index (Phi) is 4.64. The van der Waals surface area contributed by atoms with Crippen molar-refractivity contribution in [3.05, 3.63) is 58.6 Å². The van der Waals surface area contributed by atoms with Crippen LogP contribution in [0, 0.1) is 13.8 Å². The van der Waals surface area contributed by atoms with E-state index in [1.165, 1.54) is 0 Å². The molecule has 0 spiro atoms. The van der Waals surface area contributed by atoms with Gasteiger partial charge in [-0.15, -0.1) is 0 Å². The van der Waals surface area contributed by atoms with E-state index in [-0.39, 0.29) is 6.61 Å². The third-order valence-electron chi connectivity index (χ3n) is 2.79. The fourth-order valence-electron chi connectivity index (χ4n) is 1.78. The van der Waals surface area contributed by atoms with Gasteiger partial charge in [-0.05, 0) is 49.2 Å². The average molecular weight is 291 g/mol. The molecule has 0 atom stereocenters. The van der Waals surface area contributed by atoms with Crippen molar-refractivity contribution >= 4 is 17.6 Å². The number of benzene rings is 2. The zero-order chi connectivity index (χ0) is 14.5. The van der Waals surface area contributed by atoms with Crippen molar-refractivity contribution in [2.45, 2.75) is 13.8 Å². The third kappa shape index (κ3) is 3.75. The first-order chi connectivity index (χ1) is 9.56. The van der Waals surface area contributed by atoms with E-state index in [1.54, 1.807) is 24.3 Å². The van der Waals surface area contributed by atoms with Crippen LogP contribution in [0.5, 0.6) is 11.5 Å². The predicted octanol–water partition coefficient (Wildman–Crippen LogP) is 3.94. The number of para-hydroxylation sites is 1. The quantitative estimate of drug-likeness (QED) is 0.632. The number of carbonyl (C=O) groups is 1. The SMILES string of the molecule is Cc1cccc(C)c1OC(=O)COc1ccc(Cl)cc1. The Bertz CT molecular complexity index is 585. The van der Waals surface area contributed by atoms with E-state index in [0.29, 0.717) is 16.5 Å². The smallest absolute Gasteiger partial charge is 0.349 e. The largest absolute Gasteiger partial charge is 0.482 e. The molecule has 0 bridgehead atoms. The summed E-state index contributed by atoms with van der Waals surface area (Å²) in [6.45, 7) is 3.65. The fraction of sp³-hybridized carbons (Fsp3) is 0.188. The van der Waals surface area contributed by atoms with Crippen molar-refractivity contribution in [3.63, 3.8) is 0 Å². The molecule has 2 aromatic rings. The van der Waals surface area contributed by atoms with Gasteiger partial charge in [0.05, 0.1) is 0 Å². The van der Waals surface area contributed by atoms with Crippen molar-refractivity contribution in [2.75, 3.05) is 6.61 Å².